The van der Waals surface area contributed by atoms with Crippen LogP contribution >= 0.6 is 0 Å². The summed E-state index contributed by atoms with van der Waals surface area (Å²) < 4.78 is 0. The predicted octanol–water partition coefficient (Wildman–Crippen LogP) is 1.19. The lowest BCUT2D eigenvalue weighted by Crippen LogP contribution is -2.31. The third-order valence-electron chi connectivity index (χ3n) is 2.42. The molecule has 0 spiro atoms. The van der Waals surface area contributed by atoms with Gasteiger partial charge in [0.2, 0.25) is 0 Å². The topological polar surface area (TPSA) is 57.3 Å². The van der Waals surface area contributed by atoms with Crippen molar-refractivity contribution < 1.29 is 4.79 Å². The molecule has 0 aliphatic heterocycles. The van der Waals surface area contributed by atoms with Crippen LogP contribution in [0.2, 0.25) is 0 Å². The molecule has 0 aliphatic rings. The summed E-state index contributed by atoms with van der Waals surface area (Å²) in [7, 11) is 3.94. The number of pyridine rings is 1. The van der Waals surface area contributed by atoms with Gasteiger partial charge in [-0.1, -0.05) is 6.92 Å². The third kappa shape index (κ3) is 5.14. The number of hydrogen-bond donors (Lipinski definition) is 2. The van der Waals surface area contributed by atoms with Gasteiger partial charge in [-0.15, -0.1) is 0 Å². The molecule has 1 heterocycles. The normalized spacial score (nSPS) is 10.4. The minimum Gasteiger partial charge on any atom is -0.385 e. The van der Waals surface area contributed by atoms with Crippen LogP contribution < -0.4 is 10.6 Å². The Morgan fingerprint density at radius 2 is 2.17 bits per heavy atom. The van der Waals surface area contributed by atoms with E-state index in [0.717, 1.165) is 25.2 Å². The molecule has 0 bridgehead atoms. The number of aromatic nitrogens is 1. The molecule has 0 aliphatic carbocycles. The first-order valence-corrected chi connectivity index (χ1v) is 6.26. The van der Waals surface area contributed by atoms with Gasteiger partial charge in [-0.2, -0.15) is 0 Å². The van der Waals surface area contributed by atoms with Gasteiger partial charge in [0.15, 0.2) is 0 Å². The average Bonchev–Trinajstić information content (AvgIpc) is 2.36. The number of carbonyl (C=O) groups is 1. The maximum atomic E-state index is 11.8. The first-order valence-electron chi connectivity index (χ1n) is 6.26. The van der Waals surface area contributed by atoms with Gasteiger partial charge in [-0.3, -0.25) is 9.78 Å². The highest BCUT2D eigenvalue weighted by atomic mass is 16.1. The third-order valence-corrected chi connectivity index (χ3v) is 2.42. The molecule has 2 N–H and O–H groups in total. The zero-order chi connectivity index (χ0) is 13.4. The highest BCUT2D eigenvalue weighted by molar-refractivity contribution is 5.93. The predicted molar refractivity (Wildman–Crippen MR) is 73.9 cm³/mol. The van der Waals surface area contributed by atoms with Crippen molar-refractivity contribution in [2.24, 2.45) is 0 Å². The molecule has 1 aromatic rings. The standard InChI is InChI=1S/C13H22N4O/c1-4-6-14-11-5-7-15-12(10-11)13(18)16-8-9-17(2)3/h5,7,10H,4,6,8-9H2,1-3H3,(H,14,15)(H,16,18). The molecule has 1 aromatic heterocycles. The van der Waals surface area contributed by atoms with E-state index < -0.39 is 0 Å². The lowest BCUT2D eigenvalue weighted by Gasteiger charge is -2.10. The van der Waals surface area contributed by atoms with E-state index in [1.165, 1.54) is 0 Å². The molecular weight excluding hydrogens is 228 g/mol. The molecule has 0 unspecified atom stereocenters. The van der Waals surface area contributed by atoms with Gasteiger partial charge in [0.05, 0.1) is 0 Å². The first-order chi connectivity index (χ1) is 8.63. The average molecular weight is 250 g/mol. The van der Waals surface area contributed by atoms with E-state index in [9.17, 15) is 4.79 Å². The summed E-state index contributed by atoms with van der Waals surface area (Å²) in [6, 6.07) is 3.65. The summed E-state index contributed by atoms with van der Waals surface area (Å²) in [6.45, 7) is 4.44. The number of carbonyl (C=O) groups excluding carboxylic acids is 1. The second-order valence-corrected chi connectivity index (χ2v) is 4.42. The number of likely N-dealkylation sites (N-methyl/N-ethyl adjacent to an activating group) is 1. The summed E-state index contributed by atoms with van der Waals surface area (Å²) in [5.41, 5.74) is 1.39. The van der Waals surface area contributed by atoms with Crippen LogP contribution in [-0.4, -0.2) is 49.5 Å². The number of hydrogen-bond acceptors (Lipinski definition) is 4. The fourth-order valence-corrected chi connectivity index (χ4v) is 1.42. The van der Waals surface area contributed by atoms with Gasteiger partial charge in [0.25, 0.3) is 5.91 Å². The summed E-state index contributed by atoms with van der Waals surface area (Å²) >= 11 is 0. The van der Waals surface area contributed by atoms with Gasteiger partial charge in [0, 0.05) is 31.5 Å². The van der Waals surface area contributed by atoms with Crippen LogP contribution in [0.3, 0.4) is 0 Å². The van der Waals surface area contributed by atoms with E-state index in [4.69, 9.17) is 0 Å². The fourth-order valence-electron chi connectivity index (χ4n) is 1.42. The van der Waals surface area contributed by atoms with Gasteiger partial charge in [-0.05, 0) is 32.6 Å². The quantitative estimate of drug-likeness (QED) is 0.763. The van der Waals surface area contributed by atoms with Crippen LogP contribution in [-0.2, 0) is 0 Å². The second kappa shape index (κ2) is 7.66. The molecule has 1 amide bonds. The molecule has 0 saturated heterocycles. The second-order valence-electron chi connectivity index (χ2n) is 4.42. The van der Waals surface area contributed by atoms with Gasteiger partial charge >= 0.3 is 0 Å². The van der Waals surface area contributed by atoms with Gasteiger partial charge < -0.3 is 15.5 Å². The number of amides is 1. The SMILES string of the molecule is CCCNc1ccnc(C(=O)NCCN(C)C)c1. The Labute approximate surface area is 109 Å². The van der Waals surface area contributed by atoms with E-state index in [2.05, 4.69) is 22.5 Å². The first kappa shape index (κ1) is 14.4. The number of nitrogens with one attached hydrogen (secondary N) is 2. The van der Waals surface area contributed by atoms with Crippen LogP contribution in [0.5, 0.6) is 0 Å². The summed E-state index contributed by atoms with van der Waals surface area (Å²) in [5.74, 6) is -0.128. The lowest BCUT2D eigenvalue weighted by molar-refractivity contribution is 0.0946. The minimum absolute atomic E-state index is 0.128. The van der Waals surface area contributed by atoms with Crippen LogP contribution in [0.4, 0.5) is 5.69 Å². The molecule has 5 heteroatoms. The molecule has 0 saturated carbocycles. The Balaban J connectivity index is 2.51. The zero-order valence-electron chi connectivity index (χ0n) is 11.4. The molecule has 0 fully saturated rings. The van der Waals surface area contributed by atoms with Crippen LogP contribution in [0.1, 0.15) is 23.8 Å². The van der Waals surface area contributed by atoms with E-state index >= 15 is 0 Å². The van der Waals surface area contributed by atoms with Crippen LogP contribution in [0.15, 0.2) is 18.3 Å². The molecule has 18 heavy (non-hydrogen) atoms. The van der Waals surface area contributed by atoms with E-state index in [1.54, 1.807) is 12.3 Å². The Hall–Kier alpha value is -1.62. The molecular formula is C13H22N4O. The van der Waals surface area contributed by atoms with Crippen LogP contribution in [0, 0.1) is 0 Å². The van der Waals surface area contributed by atoms with Crippen molar-refractivity contribution in [3.8, 4) is 0 Å². The highest BCUT2D eigenvalue weighted by Gasteiger charge is 2.07. The Bertz CT molecular complexity index is 379. The van der Waals surface area contributed by atoms with Gasteiger partial charge in [0.1, 0.15) is 5.69 Å². The number of nitrogens with zero attached hydrogens (tertiary/aromatic N) is 2. The van der Waals surface area contributed by atoms with Crippen molar-refractivity contribution in [1.82, 2.24) is 15.2 Å². The minimum atomic E-state index is -0.128. The highest BCUT2D eigenvalue weighted by Crippen LogP contribution is 2.07. The maximum Gasteiger partial charge on any atom is 0.269 e. The molecule has 0 radical (unpaired) electrons. The van der Waals surface area contributed by atoms with Crippen molar-refractivity contribution in [2.75, 3.05) is 39.0 Å². The van der Waals surface area contributed by atoms with Gasteiger partial charge in [-0.25, -0.2) is 0 Å². The Morgan fingerprint density at radius 1 is 1.39 bits per heavy atom. The van der Waals surface area contributed by atoms with Crippen molar-refractivity contribution in [3.05, 3.63) is 24.0 Å². The molecule has 0 aromatic carbocycles. The van der Waals surface area contributed by atoms with Crippen molar-refractivity contribution in [3.63, 3.8) is 0 Å². The molecule has 1 rings (SSSR count). The summed E-state index contributed by atoms with van der Waals surface area (Å²) in [6.07, 6.45) is 2.70. The largest absolute Gasteiger partial charge is 0.385 e. The van der Waals surface area contributed by atoms with Crippen LogP contribution in [0.25, 0.3) is 0 Å². The number of rotatable bonds is 7. The van der Waals surface area contributed by atoms with E-state index in [1.807, 2.05) is 25.1 Å². The Morgan fingerprint density at radius 3 is 2.83 bits per heavy atom. The van der Waals surface area contributed by atoms with Crippen molar-refractivity contribution in [2.45, 2.75) is 13.3 Å². The molecule has 0 atom stereocenters. The molecule has 100 valence electrons. The monoisotopic (exact) mass is 250 g/mol. The van der Waals surface area contributed by atoms with E-state index in [-0.39, 0.29) is 5.91 Å². The van der Waals surface area contributed by atoms with Crippen molar-refractivity contribution >= 4 is 11.6 Å². The molecule has 5 nitrogen and oxygen atoms in total. The Kier molecular flexibility index (Phi) is 6.14. The number of anilines is 1. The fraction of sp³-hybridized carbons (Fsp3) is 0.538. The summed E-state index contributed by atoms with van der Waals surface area (Å²) in [4.78, 5) is 17.9. The maximum absolute atomic E-state index is 11.8. The summed E-state index contributed by atoms with van der Waals surface area (Å²) in [5, 5.41) is 6.08. The zero-order valence-corrected chi connectivity index (χ0v) is 11.4. The van der Waals surface area contributed by atoms with Crippen molar-refractivity contribution in [1.29, 1.82) is 0 Å². The smallest absolute Gasteiger partial charge is 0.269 e. The lowest BCUT2D eigenvalue weighted by atomic mass is 10.3. The van der Waals surface area contributed by atoms with E-state index in [0.29, 0.717) is 12.2 Å².